The maximum Gasteiger partial charge on any atom is 0.257 e. The molecule has 3 rings (SSSR count). The van der Waals surface area contributed by atoms with Crippen molar-refractivity contribution in [1.29, 1.82) is 0 Å². The summed E-state index contributed by atoms with van der Waals surface area (Å²) in [5, 5.41) is 6.14. The van der Waals surface area contributed by atoms with Crippen molar-refractivity contribution in [3.8, 4) is 0 Å². The second kappa shape index (κ2) is 8.72. The van der Waals surface area contributed by atoms with Gasteiger partial charge in [-0.15, -0.1) is 0 Å². The van der Waals surface area contributed by atoms with Gasteiger partial charge < -0.3 is 10.6 Å². The second-order valence-corrected chi connectivity index (χ2v) is 7.00. The molecule has 142 valence electrons. The van der Waals surface area contributed by atoms with Crippen LogP contribution >= 0.6 is 11.6 Å². The molecular weight excluding hydrogens is 372 g/mol. The van der Waals surface area contributed by atoms with Crippen molar-refractivity contribution >= 4 is 29.1 Å². The van der Waals surface area contributed by atoms with Crippen LogP contribution in [0.2, 0.25) is 5.02 Å². The van der Waals surface area contributed by atoms with Crippen LogP contribution in [-0.4, -0.2) is 11.8 Å². The van der Waals surface area contributed by atoms with Gasteiger partial charge in [0.05, 0.1) is 27.9 Å². The largest absolute Gasteiger partial charge is 0.345 e. The first-order chi connectivity index (χ1) is 13.5. The molecule has 4 nitrogen and oxygen atoms in total. The number of benzene rings is 3. The predicted octanol–water partition coefficient (Wildman–Crippen LogP) is 5.39. The molecule has 5 heteroatoms. The molecule has 0 heterocycles. The SMILES string of the molecule is Cc1ccc(C(=O)Nc2ccccc2C(=O)N[C@@H](C)c2ccccc2)c(Cl)c1. The first-order valence-electron chi connectivity index (χ1n) is 8.98. The van der Waals surface area contributed by atoms with E-state index in [9.17, 15) is 9.59 Å². The summed E-state index contributed by atoms with van der Waals surface area (Å²) in [5.74, 6) is -0.622. The van der Waals surface area contributed by atoms with E-state index in [1.165, 1.54) is 0 Å². The number of anilines is 1. The maximum atomic E-state index is 12.8. The van der Waals surface area contributed by atoms with Crippen LogP contribution in [0.3, 0.4) is 0 Å². The fraction of sp³-hybridized carbons (Fsp3) is 0.130. The molecule has 0 aliphatic carbocycles. The lowest BCUT2D eigenvalue weighted by Gasteiger charge is -2.16. The Balaban J connectivity index is 1.79. The Morgan fingerprint density at radius 3 is 2.25 bits per heavy atom. The number of para-hydroxylation sites is 1. The molecule has 0 fully saturated rings. The Hall–Kier alpha value is -3.11. The van der Waals surface area contributed by atoms with E-state index in [1.807, 2.05) is 50.2 Å². The van der Waals surface area contributed by atoms with Gasteiger partial charge >= 0.3 is 0 Å². The highest BCUT2D eigenvalue weighted by Crippen LogP contribution is 2.22. The zero-order valence-electron chi connectivity index (χ0n) is 15.7. The lowest BCUT2D eigenvalue weighted by Crippen LogP contribution is -2.28. The quantitative estimate of drug-likeness (QED) is 0.611. The van der Waals surface area contributed by atoms with Gasteiger partial charge in [0.1, 0.15) is 0 Å². The summed E-state index contributed by atoms with van der Waals surface area (Å²) in [5.41, 5.74) is 3.16. The molecule has 0 saturated heterocycles. The van der Waals surface area contributed by atoms with Crippen LogP contribution in [0.5, 0.6) is 0 Å². The first kappa shape index (κ1) is 19.6. The highest BCUT2D eigenvalue weighted by atomic mass is 35.5. The Bertz CT molecular complexity index is 1000. The molecule has 0 bridgehead atoms. The van der Waals surface area contributed by atoms with E-state index in [-0.39, 0.29) is 17.9 Å². The smallest absolute Gasteiger partial charge is 0.257 e. The Morgan fingerprint density at radius 1 is 0.857 bits per heavy atom. The highest BCUT2D eigenvalue weighted by Gasteiger charge is 2.17. The van der Waals surface area contributed by atoms with E-state index < -0.39 is 0 Å². The molecule has 0 aliphatic heterocycles. The summed E-state index contributed by atoms with van der Waals surface area (Å²) in [4.78, 5) is 25.4. The molecule has 2 amide bonds. The zero-order chi connectivity index (χ0) is 20.1. The van der Waals surface area contributed by atoms with Crippen LogP contribution in [0, 0.1) is 6.92 Å². The van der Waals surface area contributed by atoms with Gasteiger partial charge in [-0.05, 0) is 49.2 Å². The van der Waals surface area contributed by atoms with Gasteiger partial charge in [0.25, 0.3) is 11.8 Å². The van der Waals surface area contributed by atoms with Crippen molar-refractivity contribution < 1.29 is 9.59 Å². The number of carbonyl (C=O) groups excluding carboxylic acids is 2. The van der Waals surface area contributed by atoms with Crippen LogP contribution in [0.15, 0.2) is 72.8 Å². The summed E-state index contributed by atoms with van der Waals surface area (Å²) >= 11 is 6.19. The molecule has 0 saturated carbocycles. The third-order valence-electron chi connectivity index (χ3n) is 4.44. The Kier molecular flexibility index (Phi) is 6.12. The van der Waals surface area contributed by atoms with E-state index in [2.05, 4.69) is 10.6 Å². The highest BCUT2D eigenvalue weighted by molar-refractivity contribution is 6.34. The molecule has 0 radical (unpaired) electrons. The van der Waals surface area contributed by atoms with Crippen LogP contribution in [0.1, 0.15) is 44.8 Å². The van der Waals surface area contributed by atoms with Crippen molar-refractivity contribution in [3.05, 3.63) is 100 Å². The minimum Gasteiger partial charge on any atom is -0.345 e. The molecule has 0 aliphatic rings. The van der Waals surface area contributed by atoms with E-state index >= 15 is 0 Å². The minimum atomic E-state index is -0.360. The number of hydrogen-bond acceptors (Lipinski definition) is 2. The molecular formula is C23H21ClN2O2. The third kappa shape index (κ3) is 4.59. The van der Waals surface area contributed by atoms with Gasteiger partial charge in [0.15, 0.2) is 0 Å². The average molecular weight is 393 g/mol. The number of halogens is 1. The zero-order valence-corrected chi connectivity index (χ0v) is 16.5. The first-order valence-corrected chi connectivity index (χ1v) is 9.36. The van der Waals surface area contributed by atoms with Crippen molar-refractivity contribution in [2.45, 2.75) is 19.9 Å². The number of hydrogen-bond donors (Lipinski definition) is 2. The standard InChI is InChI=1S/C23H21ClN2O2/c1-15-12-13-18(20(24)14-15)22(27)26-21-11-7-6-10-19(21)23(28)25-16(2)17-8-4-3-5-9-17/h3-14,16H,1-2H3,(H,25,28)(H,26,27)/t16-/m0/s1. The van der Waals surface area contributed by atoms with Gasteiger partial charge in [0, 0.05) is 0 Å². The lowest BCUT2D eigenvalue weighted by atomic mass is 10.1. The molecule has 1 atom stereocenters. The van der Waals surface area contributed by atoms with Gasteiger partial charge in [-0.2, -0.15) is 0 Å². The predicted molar refractivity (Wildman–Crippen MR) is 113 cm³/mol. The van der Waals surface area contributed by atoms with Crippen LogP contribution in [0.4, 0.5) is 5.69 Å². The Morgan fingerprint density at radius 2 is 1.54 bits per heavy atom. The third-order valence-corrected chi connectivity index (χ3v) is 4.75. The van der Waals surface area contributed by atoms with Crippen LogP contribution in [-0.2, 0) is 0 Å². The molecule has 0 spiro atoms. The minimum absolute atomic E-state index is 0.163. The summed E-state index contributed by atoms with van der Waals surface area (Å²) < 4.78 is 0. The molecule has 3 aromatic carbocycles. The maximum absolute atomic E-state index is 12.8. The number of aryl methyl sites for hydroxylation is 1. The van der Waals surface area contributed by atoms with Crippen LogP contribution < -0.4 is 10.6 Å². The van der Waals surface area contributed by atoms with E-state index in [0.29, 0.717) is 21.8 Å². The number of amides is 2. The lowest BCUT2D eigenvalue weighted by molar-refractivity contribution is 0.0941. The molecule has 2 N–H and O–H groups in total. The van der Waals surface area contributed by atoms with E-state index in [4.69, 9.17) is 11.6 Å². The number of carbonyl (C=O) groups is 2. The fourth-order valence-corrected chi connectivity index (χ4v) is 3.20. The van der Waals surface area contributed by atoms with Gasteiger partial charge in [-0.3, -0.25) is 9.59 Å². The molecule has 3 aromatic rings. The van der Waals surface area contributed by atoms with E-state index in [1.54, 1.807) is 36.4 Å². The van der Waals surface area contributed by atoms with Crippen LogP contribution in [0.25, 0.3) is 0 Å². The van der Waals surface area contributed by atoms with Crippen molar-refractivity contribution in [2.75, 3.05) is 5.32 Å². The van der Waals surface area contributed by atoms with E-state index in [0.717, 1.165) is 11.1 Å². The average Bonchev–Trinajstić information content (AvgIpc) is 2.68. The normalized spacial score (nSPS) is 11.5. The van der Waals surface area contributed by atoms with Crippen molar-refractivity contribution in [1.82, 2.24) is 5.32 Å². The monoisotopic (exact) mass is 392 g/mol. The van der Waals surface area contributed by atoms with Gasteiger partial charge in [-0.25, -0.2) is 0 Å². The van der Waals surface area contributed by atoms with Crippen molar-refractivity contribution in [3.63, 3.8) is 0 Å². The van der Waals surface area contributed by atoms with Gasteiger partial charge in [-0.1, -0.05) is 60.1 Å². The molecule has 28 heavy (non-hydrogen) atoms. The van der Waals surface area contributed by atoms with Crippen molar-refractivity contribution in [2.24, 2.45) is 0 Å². The molecule has 0 unspecified atom stereocenters. The Labute approximate surface area is 169 Å². The summed E-state index contributed by atoms with van der Waals surface area (Å²) in [6, 6.07) is 21.7. The summed E-state index contributed by atoms with van der Waals surface area (Å²) in [7, 11) is 0. The summed E-state index contributed by atoms with van der Waals surface area (Å²) in [6.07, 6.45) is 0. The number of rotatable bonds is 5. The summed E-state index contributed by atoms with van der Waals surface area (Å²) in [6.45, 7) is 3.82. The fourth-order valence-electron chi connectivity index (χ4n) is 2.88. The molecule has 0 aromatic heterocycles. The second-order valence-electron chi connectivity index (χ2n) is 6.59. The van der Waals surface area contributed by atoms with Gasteiger partial charge in [0.2, 0.25) is 0 Å². The number of nitrogens with one attached hydrogen (secondary N) is 2. The topological polar surface area (TPSA) is 58.2 Å².